The molecule has 0 aliphatic heterocycles. The number of hydrogen-bond acceptors (Lipinski definition) is 3. The Bertz CT molecular complexity index is 830. The van der Waals surface area contributed by atoms with Crippen molar-refractivity contribution in [1.29, 1.82) is 0 Å². The molecule has 2 aromatic carbocycles. The zero-order chi connectivity index (χ0) is 14.8. The van der Waals surface area contributed by atoms with Gasteiger partial charge >= 0.3 is 0 Å². The van der Waals surface area contributed by atoms with Gasteiger partial charge in [-0.25, -0.2) is 4.39 Å². The van der Waals surface area contributed by atoms with E-state index in [0.29, 0.717) is 11.3 Å². The zero-order valence-electron chi connectivity index (χ0n) is 10.9. The Morgan fingerprint density at radius 2 is 1.76 bits per heavy atom. The van der Waals surface area contributed by atoms with Crippen molar-refractivity contribution < 1.29 is 9.13 Å². The van der Waals surface area contributed by atoms with Crippen LogP contribution in [0.15, 0.2) is 54.7 Å². The van der Waals surface area contributed by atoms with Crippen LogP contribution in [0.1, 0.15) is 5.56 Å². The van der Waals surface area contributed by atoms with Crippen LogP contribution >= 0.6 is 12.2 Å². The van der Waals surface area contributed by atoms with Crippen molar-refractivity contribution in [3.63, 3.8) is 0 Å². The molecule has 104 valence electrons. The lowest BCUT2D eigenvalue weighted by atomic mass is 10.1. The third-order valence-corrected chi connectivity index (χ3v) is 3.24. The number of nitrogens with two attached hydrogens (primary N) is 1. The van der Waals surface area contributed by atoms with Crippen molar-refractivity contribution in [3.8, 4) is 11.5 Å². The molecule has 5 heteroatoms. The first kappa shape index (κ1) is 13.5. The highest BCUT2D eigenvalue weighted by molar-refractivity contribution is 7.80. The highest BCUT2D eigenvalue weighted by atomic mass is 32.1. The van der Waals surface area contributed by atoms with Crippen molar-refractivity contribution in [2.45, 2.75) is 0 Å². The molecule has 0 unspecified atom stereocenters. The summed E-state index contributed by atoms with van der Waals surface area (Å²) in [5, 5.41) is 0.934. The molecular weight excluding hydrogens is 287 g/mol. The van der Waals surface area contributed by atoms with Crippen molar-refractivity contribution in [3.05, 3.63) is 66.1 Å². The van der Waals surface area contributed by atoms with Gasteiger partial charge in [0.2, 0.25) is 0 Å². The summed E-state index contributed by atoms with van der Waals surface area (Å²) in [4.78, 5) is 4.25. The summed E-state index contributed by atoms with van der Waals surface area (Å²) in [5.74, 6) is 0.296. The number of para-hydroxylation sites is 1. The number of ether oxygens (including phenoxy) is 1. The molecule has 3 nitrogen and oxygen atoms in total. The Labute approximate surface area is 126 Å². The van der Waals surface area contributed by atoms with E-state index in [4.69, 9.17) is 22.7 Å². The number of rotatable bonds is 3. The van der Waals surface area contributed by atoms with E-state index >= 15 is 0 Å². The summed E-state index contributed by atoms with van der Waals surface area (Å²) in [6.07, 6.45) is 1.68. The largest absolute Gasteiger partial charge is 0.454 e. The van der Waals surface area contributed by atoms with Crippen molar-refractivity contribution in [1.82, 2.24) is 4.98 Å². The highest BCUT2D eigenvalue weighted by Crippen LogP contribution is 2.31. The van der Waals surface area contributed by atoms with Crippen molar-refractivity contribution in [2.75, 3.05) is 0 Å². The first-order valence-electron chi connectivity index (χ1n) is 6.27. The maximum Gasteiger partial charge on any atom is 0.153 e. The maximum atomic E-state index is 13.9. The van der Waals surface area contributed by atoms with Gasteiger partial charge in [-0.05, 0) is 24.3 Å². The van der Waals surface area contributed by atoms with E-state index in [0.717, 1.165) is 5.39 Å². The first-order valence-corrected chi connectivity index (χ1v) is 6.67. The minimum absolute atomic E-state index is 0.0451. The quantitative estimate of drug-likeness (QED) is 0.747. The second-order valence-corrected chi connectivity index (χ2v) is 4.85. The van der Waals surface area contributed by atoms with Crippen LogP contribution in [0.4, 0.5) is 4.39 Å². The zero-order valence-corrected chi connectivity index (χ0v) is 11.7. The average molecular weight is 298 g/mol. The average Bonchev–Trinajstić information content (AvgIpc) is 2.47. The Morgan fingerprint density at radius 1 is 1.05 bits per heavy atom. The molecule has 0 atom stereocenters. The molecule has 0 saturated carbocycles. The Balaban J connectivity index is 2.12. The normalized spacial score (nSPS) is 10.5. The fraction of sp³-hybridized carbons (Fsp3) is 0. The summed E-state index contributed by atoms with van der Waals surface area (Å²) in [6, 6.07) is 13.8. The first-order chi connectivity index (χ1) is 10.2. The molecule has 0 aliphatic carbocycles. The van der Waals surface area contributed by atoms with Crippen LogP contribution in [0.25, 0.3) is 10.9 Å². The van der Waals surface area contributed by atoms with Gasteiger partial charge in [0.1, 0.15) is 22.1 Å². The summed E-state index contributed by atoms with van der Waals surface area (Å²) < 4.78 is 19.6. The Kier molecular flexibility index (Phi) is 3.50. The van der Waals surface area contributed by atoms with Crippen molar-refractivity contribution in [2.24, 2.45) is 5.73 Å². The van der Waals surface area contributed by atoms with Crippen LogP contribution in [-0.4, -0.2) is 9.97 Å². The molecule has 0 spiro atoms. The van der Waals surface area contributed by atoms with Gasteiger partial charge < -0.3 is 10.5 Å². The molecule has 3 rings (SSSR count). The summed E-state index contributed by atoms with van der Waals surface area (Å²) >= 11 is 4.89. The van der Waals surface area contributed by atoms with E-state index < -0.39 is 5.82 Å². The van der Waals surface area contributed by atoms with Gasteiger partial charge in [-0.15, -0.1) is 0 Å². The van der Waals surface area contributed by atoms with Crippen LogP contribution in [0.5, 0.6) is 11.5 Å². The molecule has 0 bridgehead atoms. The Hall–Kier alpha value is -2.53. The van der Waals surface area contributed by atoms with Gasteiger partial charge in [-0.1, -0.05) is 36.5 Å². The number of pyridine rings is 1. The second kappa shape index (κ2) is 5.46. The molecular formula is C16H11FN2OS. The predicted octanol–water partition coefficient (Wildman–Crippen LogP) is 3.80. The number of halogens is 1. The lowest BCUT2D eigenvalue weighted by molar-refractivity contribution is 0.479. The molecule has 0 fully saturated rings. The minimum atomic E-state index is -0.506. The van der Waals surface area contributed by atoms with E-state index in [9.17, 15) is 4.39 Å². The lowest BCUT2D eigenvalue weighted by Gasteiger charge is -2.12. The smallest absolute Gasteiger partial charge is 0.153 e. The fourth-order valence-electron chi connectivity index (χ4n) is 2.11. The monoisotopic (exact) mass is 298 g/mol. The fourth-order valence-corrected chi connectivity index (χ4v) is 2.30. The number of hydrogen-bond donors (Lipinski definition) is 1. The van der Waals surface area contributed by atoms with Gasteiger partial charge in [-0.2, -0.15) is 0 Å². The third-order valence-electron chi connectivity index (χ3n) is 3.04. The van der Waals surface area contributed by atoms with Crippen LogP contribution in [0.2, 0.25) is 0 Å². The van der Waals surface area contributed by atoms with E-state index in [1.54, 1.807) is 24.4 Å². The minimum Gasteiger partial charge on any atom is -0.454 e. The maximum absolute atomic E-state index is 13.9. The molecule has 0 aliphatic rings. The summed E-state index contributed by atoms with van der Waals surface area (Å²) in [5.41, 5.74) is 6.37. The summed E-state index contributed by atoms with van der Waals surface area (Å²) in [7, 11) is 0. The molecule has 0 saturated heterocycles. The molecule has 1 aromatic heterocycles. The molecule has 21 heavy (non-hydrogen) atoms. The molecule has 0 radical (unpaired) electrons. The number of aromatic nitrogens is 1. The van der Waals surface area contributed by atoms with Crippen LogP contribution in [0, 0.1) is 5.82 Å². The van der Waals surface area contributed by atoms with Gasteiger partial charge in [0.25, 0.3) is 0 Å². The van der Waals surface area contributed by atoms with Crippen LogP contribution < -0.4 is 10.5 Å². The standard InChI is InChI=1S/C16H11FN2OS/c17-11-6-2-7-12(14(11)16(18)21)20-13-8-1-4-10-5-3-9-19-15(10)13/h1-9H,(H2,18,21). The Morgan fingerprint density at radius 3 is 2.57 bits per heavy atom. The van der Waals surface area contributed by atoms with Crippen molar-refractivity contribution >= 4 is 28.1 Å². The SMILES string of the molecule is NC(=S)c1c(F)cccc1Oc1cccc2cccnc12. The molecule has 3 aromatic rings. The second-order valence-electron chi connectivity index (χ2n) is 4.41. The van der Waals surface area contributed by atoms with Crippen LogP contribution in [-0.2, 0) is 0 Å². The van der Waals surface area contributed by atoms with Gasteiger partial charge in [0.05, 0.1) is 5.56 Å². The summed E-state index contributed by atoms with van der Waals surface area (Å²) in [6.45, 7) is 0. The highest BCUT2D eigenvalue weighted by Gasteiger charge is 2.14. The van der Waals surface area contributed by atoms with E-state index in [1.807, 2.05) is 24.3 Å². The lowest BCUT2D eigenvalue weighted by Crippen LogP contribution is -2.13. The molecule has 1 heterocycles. The van der Waals surface area contributed by atoms with E-state index in [1.165, 1.54) is 6.07 Å². The molecule has 0 amide bonds. The van der Waals surface area contributed by atoms with E-state index in [-0.39, 0.29) is 16.3 Å². The van der Waals surface area contributed by atoms with E-state index in [2.05, 4.69) is 4.98 Å². The van der Waals surface area contributed by atoms with Gasteiger partial charge in [0.15, 0.2) is 5.75 Å². The van der Waals surface area contributed by atoms with Gasteiger partial charge in [0, 0.05) is 11.6 Å². The number of fused-ring (bicyclic) bond motifs is 1. The van der Waals surface area contributed by atoms with Crippen LogP contribution in [0.3, 0.4) is 0 Å². The molecule has 2 N–H and O–H groups in total. The third kappa shape index (κ3) is 2.55. The number of nitrogens with zero attached hydrogens (tertiary/aromatic N) is 1. The topological polar surface area (TPSA) is 48.1 Å². The predicted molar refractivity (Wildman–Crippen MR) is 84.1 cm³/mol. The van der Waals surface area contributed by atoms with Gasteiger partial charge in [-0.3, -0.25) is 4.98 Å². The number of benzene rings is 2. The number of thiocarbonyl (C=S) groups is 1.